The molecule has 4 rings (SSSR count). The third kappa shape index (κ3) is 5.68. The fraction of sp³-hybridized carbons (Fsp3) is 0.480. The first-order valence-electron chi connectivity index (χ1n) is 11.3. The van der Waals surface area contributed by atoms with Crippen molar-refractivity contribution in [3.8, 4) is 11.4 Å². The fourth-order valence-electron chi connectivity index (χ4n) is 4.03. The molecule has 1 saturated heterocycles. The van der Waals surface area contributed by atoms with Gasteiger partial charge in [0.25, 0.3) is 0 Å². The molecule has 1 aromatic carbocycles. The lowest BCUT2D eigenvalue weighted by molar-refractivity contribution is -0.140. The highest BCUT2D eigenvalue weighted by Crippen LogP contribution is 2.29. The van der Waals surface area contributed by atoms with Crippen LogP contribution < -0.4 is 0 Å². The van der Waals surface area contributed by atoms with E-state index in [2.05, 4.69) is 55.2 Å². The molecule has 0 spiro atoms. The molecule has 2 aromatic heterocycles. The average Bonchev–Trinajstić information content (AvgIpc) is 3.41. The van der Waals surface area contributed by atoms with E-state index < -0.39 is 0 Å². The molecule has 1 aliphatic rings. The highest BCUT2D eigenvalue weighted by molar-refractivity contribution is 7.99. The molecule has 0 saturated carbocycles. The highest BCUT2D eigenvalue weighted by atomic mass is 32.2. The van der Waals surface area contributed by atoms with Gasteiger partial charge in [-0.15, -0.1) is 10.2 Å². The predicted molar refractivity (Wildman–Crippen MR) is 129 cm³/mol. The Kier molecular flexibility index (Phi) is 6.95. The Morgan fingerprint density at radius 2 is 1.79 bits per heavy atom. The van der Waals surface area contributed by atoms with Crippen molar-refractivity contribution in [2.24, 2.45) is 0 Å². The standard InChI is InChI=1S/C25H32N4O3S/c1-17-13-28(14-18(2)32-17)22(30)16-33-24-27-26-23(29(24)15-21-7-6-12-31-21)19-8-10-20(11-9-19)25(3,4)5/h6-12,17-18H,13-16H2,1-5H3. The maximum atomic E-state index is 12.9. The Morgan fingerprint density at radius 1 is 1.09 bits per heavy atom. The third-order valence-corrected chi connectivity index (χ3v) is 6.67. The number of morpholine rings is 1. The topological polar surface area (TPSA) is 73.4 Å². The molecule has 7 nitrogen and oxygen atoms in total. The number of thioether (sulfide) groups is 1. The first-order chi connectivity index (χ1) is 15.7. The maximum Gasteiger partial charge on any atom is 0.233 e. The number of benzene rings is 1. The van der Waals surface area contributed by atoms with E-state index in [0.717, 1.165) is 17.1 Å². The summed E-state index contributed by atoms with van der Waals surface area (Å²) in [6.07, 6.45) is 1.76. The van der Waals surface area contributed by atoms with Gasteiger partial charge in [-0.05, 0) is 37.0 Å². The van der Waals surface area contributed by atoms with Crippen LogP contribution in [0.2, 0.25) is 0 Å². The summed E-state index contributed by atoms with van der Waals surface area (Å²) in [6.45, 7) is 12.3. The van der Waals surface area contributed by atoms with Crippen molar-refractivity contribution < 1.29 is 13.9 Å². The number of amides is 1. The zero-order valence-electron chi connectivity index (χ0n) is 19.9. The van der Waals surface area contributed by atoms with E-state index in [9.17, 15) is 4.79 Å². The predicted octanol–water partition coefficient (Wildman–Crippen LogP) is 4.61. The van der Waals surface area contributed by atoms with Crippen molar-refractivity contribution >= 4 is 17.7 Å². The maximum absolute atomic E-state index is 12.9. The van der Waals surface area contributed by atoms with Crippen LogP contribution in [0.1, 0.15) is 45.9 Å². The van der Waals surface area contributed by atoms with Crippen molar-refractivity contribution in [1.82, 2.24) is 19.7 Å². The highest BCUT2D eigenvalue weighted by Gasteiger charge is 2.26. The Balaban J connectivity index is 1.55. The van der Waals surface area contributed by atoms with Gasteiger partial charge in [-0.2, -0.15) is 0 Å². The Hall–Kier alpha value is -2.58. The van der Waals surface area contributed by atoms with Gasteiger partial charge < -0.3 is 14.1 Å². The molecule has 176 valence electrons. The molecule has 2 atom stereocenters. The van der Waals surface area contributed by atoms with Crippen molar-refractivity contribution in [3.63, 3.8) is 0 Å². The van der Waals surface area contributed by atoms with E-state index in [1.165, 1.54) is 17.3 Å². The van der Waals surface area contributed by atoms with Gasteiger partial charge >= 0.3 is 0 Å². The molecular formula is C25H32N4O3S. The number of nitrogens with zero attached hydrogens (tertiary/aromatic N) is 4. The largest absolute Gasteiger partial charge is 0.467 e. The molecule has 0 radical (unpaired) electrons. The molecule has 2 unspecified atom stereocenters. The zero-order chi connectivity index (χ0) is 23.6. The van der Waals surface area contributed by atoms with E-state index >= 15 is 0 Å². The first kappa shape index (κ1) is 23.6. The van der Waals surface area contributed by atoms with Gasteiger partial charge in [-0.3, -0.25) is 9.36 Å². The molecule has 33 heavy (non-hydrogen) atoms. The van der Waals surface area contributed by atoms with Crippen LogP contribution in [0.15, 0.2) is 52.2 Å². The SMILES string of the molecule is CC1CN(C(=O)CSc2nnc(-c3ccc(C(C)(C)C)cc3)n2Cc2ccco2)CC(C)O1. The minimum absolute atomic E-state index is 0.0491. The summed E-state index contributed by atoms with van der Waals surface area (Å²) < 4.78 is 13.4. The van der Waals surface area contributed by atoms with Crippen LogP contribution in [-0.2, 0) is 21.5 Å². The number of aromatic nitrogens is 3. The molecule has 3 heterocycles. The Bertz CT molecular complexity index is 1060. The Labute approximate surface area is 199 Å². The van der Waals surface area contributed by atoms with Gasteiger partial charge in [0.1, 0.15) is 5.76 Å². The van der Waals surface area contributed by atoms with Gasteiger partial charge in [0.15, 0.2) is 11.0 Å². The molecule has 0 aliphatic carbocycles. The second kappa shape index (κ2) is 9.73. The van der Waals surface area contributed by atoms with E-state index in [0.29, 0.717) is 30.5 Å². The van der Waals surface area contributed by atoms with Crippen molar-refractivity contribution in [3.05, 3.63) is 54.0 Å². The summed E-state index contributed by atoms with van der Waals surface area (Å²) in [5.41, 5.74) is 2.32. The van der Waals surface area contributed by atoms with Crippen LogP contribution >= 0.6 is 11.8 Å². The molecule has 1 fully saturated rings. The van der Waals surface area contributed by atoms with Crippen LogP contribution in [-0.4, -0.2) is 56.6 Å². The molecule has 1 aliphatic heterocycles. The fourth-order valence-corrected chi connectivity index (χ4v) is 4.87. The minimum Gasteiger partial charge on any atom is -0.467 e. The van der Waals surface area contributed by atoms with Crippen molar-refractivity contribution in [2.75, 3.05) is 18.8 Å². The van der Waals surface area contributed by atoms with Crippen LogP contribution in [0.4, 0.5) is 0 Å². The smallest absolute Gasteiger partial charge is 0.233 e. The van der Waals surface area contributed by atoms with Crippen molar-refractivity contribution in [2.45, 2.75) is 63.9 Å². The van der Waals surface area contributed by atoms with Gasteiger partial charge in [0.2, 0.25) is 5.91 Å². The van der Waals surface area contributed by atoms with Gasteiger partial charge in [-0.1, -0.05) is 56.8 Å². The van der Waals surface area contributed by atoms with Gasteiger partial charge in [0, 0.05) is 18.7 Å². The summed E-state index contributed by atoms with van der Waals surface area (Å²) >= 11 is 1.41. The number of hydrogen-bond donors (Lipinski definition) is 0. The Morgan fingerprint density at radius 3 is 2.39 bits per heavy atom. The number of hydrogen-bond acceptors (Lipinski definition) is 6. The number of carbonyl (C=O) groups is 1. The summed E-state index contributed by atoms with van der Waals surface area (Å²) in [7, 11) is 0. The van der Waals surface area contributed by atoms with Crippen LogP contribution in [0.3, 0.4) is 0 Å². The van der Waals surface area contributed by atoms with E-state index in [1.807, 2.05) is 35.4 Å². The van der Waals surface area contributed by atoms with E-state index in [-0.39, 0.29) is 23.5 Å². The number of furan rings is 1. The number of ether oxygens (including phenoxy) is 1. The monoisotopic (exact) mass is 468 g/mol. The molecule has 8 heteroatoms. The van der Waals surface area contributed by atoms with Crippen molar-refractivity contribution in [1.29, 1.82) is 0 Å². The first-order valence-corrected chi connectivity index (χ1v) is 12.3. The molecule has 0 bridgehead atoms. The zero-order valence-corrected chi connectivity index (χ0v) is 20.8. The van der Waals surface area contributed by atoms with E-state index in [4.69, 9.17) is 9.15 Å². The minimum atomic E-state index is 0.0491. The van der Waals surface area contributed by atoms with Gasteiger partial charge in [0.05, 0.1) is 30.8 Å². The lowest BCUT2D eigenvalue weighted by atomic mass is 9.87. The molecule has 0 N–H and O–H groups in total. The van der Waals surface area contributed by atoms with Gasteiger partial charge in [-0.25, -0.2) is 0 Å². The molecule has 1 amide bonds. The lowest BCUT2D eigenvalue weighted by Gasteiger charge is -2.35. The quantitative estimate of drug-likeness (QED) is 0.492. The summed E-state index contributed by atoms with van der Waals surface area (Å²) in [5, 5.41) is 9.61. The average molecular weight is 469 g/mol. The molecular weight excluding hydrogens is 436 g/mol. The summed E-state index contributed by atoms with van der Waals surface area (Å²) in [4.78, 5) is 14.8. The second-order valence-corrected chi connectivity index (χ2v) is 10.6. The van der Waals surface area contributed by atoms with E-state index in [1.54, 1.807) is 6.26 Å². The molecule has 3 aromatic rings. The third-order valence-electron chi connectivity index (χ3n) is 5.72. The summed E-state index contributed by atoms with van der Waals surface area (Å²) in [6, 6.07) is 12.2. The lowest BCUT2D eigenvalue weighted by Crippen LogP contribution is -2.48. The number of carbonyl (C=O) groups excluding carboxylic acids is 1. The second-order valence-electron chi connectivity index (χ2n) is 9.64. The van der Waals surface area contributed by atoms with Crippen LogP contribution in [0, 0.1) is 0 Å². The summed E-state index contributed by atoms with van der Waals surface area (Å²) in [5.74, 6) is 1.96. The van der Waals surface area contributed by atoms with Crippen LogP contribution in [0.25, 0.3) is 11.4 Å². The number of rotatable bonds is 6. The van der Waals surface area contributed by atoms with Crippen LogP contribution in [0.5, 0.6) is 0 Å². The normalized spacial score (nSPS) is 19.1.